The molecule has 0 aliphatic carbocycles. The van der Waals surface area contributed by atoms with E-state index in [9.17, 15) is 19.8 Å². The Morgan fingerprint density at radius 3 is 2.08 bits per heavy atom. The number of carboxylic acid groups (broad SMARTS) is 2. The molecule has 2 aromatic rings. The summed E-state index contributed by atoms with van der Waals surface area (Å²) >= 11 is 0. The van der Waals surface area contributed by atoms with E-state index in [1.54, 1.807) is 12.1 Å². The van der Waals surface area contributed by atoms with Crippen LogP contribution in [0.25, 0.3) is 11.1 Å². The second-order valence-electron chi connectivity index (χ2n) is 5.51. The zero-order valence-corrected chi connectivity index (χ0v) is 14.1. The Morgan fingerprint density at radius 1 is 0.885 bits per heavy atom. The van der Waals surface area contributed by atoms with Gasteiger partial charge in [-0.05, 0) is 29.3 Å². The van der Waals surface area contributed by atoms with Gasteiger partial charge in [-0.25, -0.2) is 0 Å². The fourth-order valence-corrected chi connectivity index (χ4v) is 2.60. The third-order valence-corrected chi connectivity index (χ3v) is 3.75. The summed E-state index contributed by atoms with van der Waals surface area (Å²) in [5.41, 5.74) is 0.803. The van der Waals surface area contributed by atoms with Crippen molar-refractivity contribution in [3.8, 4) is 34.1 Å². The Kier molecular flexibility index (Phi) is 5.56. The minimum atomic E-state index is -1.24. The summed E-state index contributed by atoms with van der Waals surface area (Å²) in [7, 11) is 2.71. The van der Waals surface area contributed by atoms with Gasteiger partial charge in [0.1, 0.15) is 11.5 Å². The minimum absolute atomic E-state index is 0.0170. The van der Waals surface area contributed by atoms with Gasteiger partial charge >= 0.3 is 11.9 Å². The molecule has 0 bridgehead atoms. The standard InChI is InChI=1S/C18H18O8/c1-25-11-4-9(5-15(19)20)3-10(6-11)12-7-14(26-2)18(24)13(17(12)23)8-16(21)22/h3-4,6-7,23-24H,5,8H2,1-2H3,(H,19,20)(H,21,22). The van der Waals surface area contributed by atoms with Crippen molar-refractivity contribution in [2.45, 2.75) is 12.8 Å². The van der Waals surface area contributed by atoms with Crippen LogP contribution in [0.1, 0.15) is 11.1 Å². The Bertz CT molecular complexity index is 857. The van der Waals surface area contributed by atoms with E-state index in [0.717, 1.165) is 0 Å². The highest BCUT2D eigenvalue weighted by Gasteiger charge is 2.21. The van der Waals surface area contributed by atoms with E-state index in [1.165, 1.54) is 26.4 Å². The molecule has 0 aromatic heterocycles. The van der Waals surface area contributed by atoms with E-state index in [-0.39, 0.29) is 23.3 Å². The van der Waals surface area contributed by atoms with E-state index in [1.807, 2.05) is 0 Å². The lowest BCUT2D eigenvalue weighted by molar-refractivity contribution is -0.137. The predicted molar refractivity (Wildman–Crippen MR) is 91.0 cm³/mol. The van der Waals surface area contributed by atoms with Gasteiger partial charge in [-0.15, -0.1) is 0 Å². The SMILES string of the molecule is COc1cc(CC(=O)O)cc(-c2cc(OC)c(O)c(CC(=O)O)c2O)c1. The van der Waals surface area contributed by atoms with Gasteiger partial charge < -0.3 is 29.9 Å². The fourth-order valence-electron chi connectivity index (χ4n) is 2.60. The van der Waals surface area contributed by atoms with Gasteiger partial charge in [-0.1, -0.05) is 6.07 Å². The monoisotopic (exact) mass is 362 g/mol. The summed E-state index contributed by atoms with van der Waals surface area (Å²) in [5, 5.41) is 38.6. The van der Waals surface area contributed by atoms with Gasteiger partial charge in [0.2, 0.25) is 0 Å². The van der Waals surface area contributed by atoms with Crippen LogP contribution in [0.5, 0.6) is 23.0 Å². The van der Waals surface area contributed by atoms with Crippen LogP contribution in [-0.2, 0) is 22.4 Å². The maximum absolute atomic E-state index is 11.0. The van der Waals surface area contributed by atoms with Crippen LogP contribution in [-0.4, -0.2) is 46.6 Å². The molecule has 0 amide bonds. The maximum atomic E-state index is 11.0. The van der Waals surface area contributed by atoms with Crippen LogP contribution in [0.2, 0.25) is 0 Å². The molecular formula is C18H18O8. The largest absolute Gasteiger partial charge is 0.507 e. The van der Waals surface area contributed by atoms with Crippen molar-refractivity contribution >= 4 is 11.9 Å². The third-order valence-electron chi connectivity index (χ3n) is 3.75. The number of rotatable bonds is 7. The first kappa shape index (κ1) is 18.9. The number of aromatic hydroxyl groups is 2. The van der Waals surface area contributed by atoms with E-state index >= 15 is 0 Å². The first-order valence-electron chi connectivity index (χ1n) is 7.50. The highest BCUT2D eigenvalue weighted by Crippen LogP contribution is 2.44. The van der Waals surface area contributed by atoms with Gasteiger partial charge in [0, 0.05) is 5.56 Å². The fraction of sp³-hybridized carbons (Fsp3) is 0.222. The van der Waals surface area contributed by atoms with Crippen molar-refractivity contribution < 1.29 is 39.5 Å². The lowest BCUT2D eigenvalue weighted by Gasteiger charge is -2.15. The molecule has 0 unspecified atom stereocenters. The minimum Gasteiger partial charge on any atom is -0.507 e. The van der Waals surface area contributed by atoms with Crippen LogP contribution in [0.3, 0.4) is 0 Å². The highest BCUT2D eigenvalue weighted by atomic mass is 16.5. The topological polar surface area (TPSA) is 134 Å². The number of aliphatic carboxylic acids is 2. The predicted octanol–water partition coefficient (Wildman–Crippen LogP) is 2.04. The number of carboxylic acids is 2. The number of ether oxygens (including phenoxy) is 2. The van der Waals surface area contributed by atoms with Crippen molar-refractivity contribution in [1.82, 2.24) is 0 Å². The molecule has 0 fully saturated rings. The van der Waals surface area contributed by atoms with Crippen LogP contribution < -0.4 is 9.47 Å². The molecule has 0 saturated carbocycles. The Hall–Kier alpha value is -3.42. The average Bonchev–Trinajstić information content (AvgIpc) is 2.57. The van der Waals surface area contributed by atoms with Crippen LogP contribution in [0, 0.1) is 0 Å². The van der Waals surface area contributed by atoms with Crippen LogP contribution >= 0.6 is 0 Å². The smallest absolute Gasteiger partial charge is 0.308 e. The van der Waals surface area contributed by atoms with E-state index < -0.39 is 29.9 Å². The first-order chi connectivity index (χ1) is 12.3. The van der Waals surface area contributed by atoms with E-state index in [4.69, 9.17) is 19.7 Å². The quantitative estimate of drug-likeness (QED) is 0.588. The van der Waals surface area contributed by atoms with E-state index in [2.05, 4.69) is 0 Å². The molecule has 8 heteroatoms. The zero-order chi connectivity index (χ0) is 19.4. The third kappa shape index (κ3) is 3.97. The molecule has 0 aliphatic rings. The van der Waals surface area contributed by atoms with Gasteiger partial charge in [0.15, 0.2) is 11.5 Å². The molecule has 0 atom stereocenters. The molecule has 26 heavy (non-hydrogen) atoms. The zero-order valence-electron chi connectivity index (χ0n) is 14.1. The van der Waals surface area contributed by atoms with Gasteiger partial charge in [-0.2, -0.15) is 0 Å². The number of hydrogen-bond acceptors (Lipinski definition) is 6. The number of phenolic OH excluding ortho intramolecular Hbond substituents is 2. The number of methoxy groups -OCH3 is 2. The normalized spacial score (nSPS) is 10.4. The Balaban J connectivity index is 2.70. The molecule has 0 radical (unpaired) electrons. The molecule has 2 aromatic carbocycles. The van der Waals surface area contributed by atoms with Crippen molar-refractivity contribution in [3.05, 3.63) is 35.4 Å². The lowest BCUT2D eigenvalue weighted by atomic mass is 9.96. The van der Waals surface area contributed by atoms with E-state index in [0.29, 0.717) is 16.9 Å². The van der Waals surface area contributed by atoms with Crippen molar-refractivity contribution in [1.29, 1.82) is 0 Å². The second kappa shape index (κ2) is 7.64. The first-order valence-corrected chi connectivity index (χ1v) is 7.50. The van der Waals surface area contributed by atoms with Crippen molar-refractivity contribution in [2.75, 3.05) is 14.2 Å². The summed E-state index contributed by atoms with van der Waals surface area (Å²) in [4.78, 5) is 22.0. The Labute approximate surface area is 148 Å². The second-order valence-corrected chi connectivity index (χ2v) is 5.51. The highest BCUT2D eigenvalue weighted by molar-refractivity contribution is 5.82. The summed E-state index contributed by atoms with van der Waals surface area (Å²) in [6.45, 7) is 0. The molecular weight excluding hydrogens is 344 g/mol. The van der Waals surface area contributed by atoms with Crippen LogP contribution in [0.15, 0.2) is 24.3 Å². The van der Waals surface area contributed by atoms with Gasteiger partial charge in [0.05, 0.1) is 32.6 Å². The molecule has 0 spiro atoms. The molecule has 0 heterocycles. The number of benzene rings is 2. The molecule has 8 nitrogen and oxygen atoms in total. The molecule has 0 saturated heterocycles. The van der Waals surface area contributed by atoms with Crippen LogP contribution in [0.4, 0.5) is 0 Å². The molecule has 0 aliphatic heterocycles. The molecule has 138 valence electrons. The number of hydrogen-bond donors (Lipinski definition) is 4. The van der Waals surface area contributed by atoms with Gasteiger partial charge in [0.25, 0.3) is 0 Å². The summed E-state index contributed by atoms with van der Waals surface area (Å²) in [5.74, 6) is -2.83. The summed E-state index contributed by atoms with van der Waals surface area (Å²) < 4.78 is 10.2. The Morgan fingerprint density at radius 2 is 1.54 bits per heavy atom. The summed E-state index contributed by atoms with van der Waals surface area (Å²) in [6.07, 6.45) is -0.879. The van der Waals surface area contributed by atoms with Crippen molar-refractivity contribution in [2.24, 2.45) is 0 Å². The summed E-state index contributed by atoms with van der Waals surface area (Å²) in [6, 6.07) is 5.98. The van der Waals surface area contributed by atoms with Crippen molar-refractivity contribution in [3.63, 3.8) is 0 Å². The number of carbonyl (C=O) groups is 2. The molecule has 2 rings (SSSR count). The maximum Gasteiger partial charge on any atom is 0.308 e. The average molecular weight is 362 g/mol. The van der Waals surface area contributed by atoms with Gasteiger partial charge in [-0.3, -0.25) is 9.59 Å². The molecule has 4 N–H and O–H groups in total. The lowest BCUT2D eigenvalue weighted by Crippen LogP contribution is -2.03. The number of phenols is 2.